The molecular weight excluding hydrogens is 366 g/mol. The second-order valence-corrected chi connectivity index (χ2v) is 9.21. The van der Waals surface area contributed by atoms with Crippen LogP contribution in [0, 0.1) is 13.8 Å². The average molecular weight is 390 g/mol. The molecule has 0 N–H and O–H groups in total. The third-order valence-electron chi connectivity index (χ3n) is 5.30. The van der Waals surface area contributed by atoms with Crippen molar-refractivity contribution in [2.75, 3.05) is 0 Å². The van der Waals surface area contributed by atoms with Crippen LogP contribution in [0.2, 0.25) is 0 Å². The maximum Gasteiger partial charge on any atom is 0.184 e. The normalized spacial score (nSPS) is 11.8. The molecule has 1 aromatic heterocycles. The van der Waals surface area contributed by atoms with E-state index in [4.69, 9.17) is 0 Å². The number of sulfone groups is 1. The Morgan fingerprint density at radius 3 is 2.00 bits per heavy atom. The van der Waals surface area contributed by atoms with Gasteiger partial charge in [0, 0.05) is 23.6 Å². The Morgan fingerprint density at radius 2 is 1.32 bits per heavy atom. The van der Waals surface area contributed by atoms with E-state index in [0.29, 0.717) is 11.4 Å². The fourth-order valence-electron chi connectivity index (χ4n) is 3.62. The minimum Gasteiger partial charge on any atom is -0.342 e. The number of nitrogens with zero attached hydrogens (tertiary/aromatic N) is 1. The molecule has 0 fully saturated rings. The van der Waals surface area contributed by atoms with Crippen LogP contribution >= 0.6 is 0 Å². The highest BCUT2D eigenvalue weighted by Crippen LogP contribution is 2.29. The lowest BCUT2D eigenvalue weighted by atomic mass is 10.1. The molecule has 4 aromatic rings. The molecule has 0 atom stereocenters. The second kappa shape index (κ2) is 7.28. The fraction of sp³-hybridized carbons (Fsp3) is 0.167. The summed E-state index contributed by atoms with van der Waals surface area (Å²) in [6, 6.07) is 23.6. The number of benzene rings is 3. The van der Waals surface area contributed by atoms with Gasteiger partial charge in [0.05, 0.1) is 10.6 Å². The highest BCUT2D eigenvalue weighted by Gasteiger charge is 2.22. The zero-order valence-electron chi connectivity index (χ0n) is 16.1. The van der Waals surface area contributed by atoms with Gasteiger partial charge in [0.2, 0.25) is 0 Å². The molecule has 4 heteroatoms. The van der Waals surface area contributed by atoms with Crippen molar-refractivity contribution in [3.63, 3.8) is 0 Å². The van der Waals surface area contributed by atoms with Crippen molar-refractivity contribution in [1.29, 1.82) is 0 Å². The second-order valence-electron chi connectivity index (χ2n) is 7.25. The van der Waals surface area contributed by atoms with Gasteiger partial charge >= 0.3 is 0 Å². The lowest BCUT2D eigenvalue weighted by Crippen LogP contribution is -2.06. The van der Waals surface area contributed by atoms with Crippen molar-refractivity contribution in [3.05, 3.63) is 101 Å². The van der Waals surface area contributed by atoms with E-state index >= 15 is 0 Å². The monoisotopic (exact) mass is 389 g/mol. The van der Waals surface area contributed by atoms with Gasteiger partial charge in [0.1, 0.15) is 0 Å². The van der Waals surface area contributed by atoms with Gasteiger partial charge < -0.3 is 4.57 Å². The number of rotatable bonds is 5. The van der Waals surface area contributed by atoms with Crippen LogP contribution in [0.5, 0.6) is 0 Å². The van der Waals surface area contributed by atoms with Crippen LogP contribution < -0.4 is 0 Å². The summed E-state index contributed by atoms with van der Waals surface area (Å²) in [5.41, 5.74) is 5.16. The number of aromatic nitrogens is 1. The van der Waals surface area contributed by atoms with Gasteiger partial charge in [-0.25, -0.2) is 8.42 Å². The molecule has 0 aliphatic heterocycles. The number of para-hydroxylation sites is 1. The summed E-state index contributed by atoms with van der Waals surface area (Å²) >= 11 is 0. The average Bonchev–Trinajstić information content (AvgIpc) is 3.05. The number of aryl methyl sites for hydroxylation is 2. The first-order chi connectivity index (χ1) is 13.5. The molecule has 0 aliphatic rings. The SMILES string of the molecule is Cc1ccccc1Cn1cc(S(=O)(=O)Cc2ccccc2C)c2ccccc21. The molecule has 142 valence electrons. The first-order valence-electron chi connectivity index (χ1n) is 9.35. The number of hydrogen-bond acceptors (Lipinski definition) is 2. The molecule has 4 rings (SSSR count). The molecule has 0 spiro atoms. The molecule has 1 heterocycles. The Labute approximate surface area is 166 Å². The minimum absolute atomic E-state index is 0.0120. The zero-order valence-corrected chi connectivity index (χ0v) is 16.9. The summed E-state index contributed by atoms with van der Waals surface area (Å²) in [6.07, 6.45) is 1.80. The zero-order chi connectivity index (χ0) is 19.7. The highest BCUT2D eigenvalue weighted by atomic mass is 32.2. The minimum atomic E-state index is -3.46. The van der Waals surface area contributed by atoms with E-state index in [9.17, 15) is 8.42 Å². The molecule has 28 heavy (non-hydrogen) atoms. The summed E-state index contributed by atoms with van der Waals surface area (Å²) in [5, 5.41) is 0.782. The summed E-state index contributed by atoms with van der Waals surface area (Å²) in [5.74, 6) is 0.0120. The van der Waals surface area contributed by atoms with Crippen molar-refractivity contribution in [2.24, 2.45) is 0 Å². The van der Waals surface area contributed by atoms with Crippen molar-refractivity contribution in [2.45, 2.75) is 31.0 Å². The van der Waals surface area contributed by atoms with Gasteiger partial charge in [0.25, 0.3) is 0 Å². The van der Waals surface area contributed by atoms with Gasteiger partial charge in [-0.15, -0.1) is 0 Å². The molecular formula is C24H23NO2S. The summed E-state index contributed by atoms with van der Waals surface area (Å²) < 4.78 is 28.6. The van der Waals surface area contributed by atoms with Gasteiger partial charge in [-0.3, -0.25) is 0 Å². The van der Waals surface area contributed by atoms with Gasteiger partial charge in [0.15, 0.2) is 9.84 Å². The maximum absolute atomic E-state index is 13.3. The van der Waals surface area contributed by atoms with Crippen LogP contribution in [0.1, 0.15) is 22.3 Å². The van der Waals surface area contributed by atoms with Gasteiger partial charge in [-0.1, -0.05) is 66.7 Å². The topological polar surface area (TPSA) is 39.1 Å². The molecule has 0 radical (unpaired) electrons. The van der Waals surface area contributed by atoms with E-state index in [0.717, 1.165) is 22.0 Å². The predicted octanol–water partition coefficient (Wildman–Crippen LogP) is 5.28. The molecule has 3 aromatic carbocycles. The number of hydrogen-bond donors (Lipinski definition) is 0. The summed E-state index contributed by atoms with van der Waals surface area (Å²) in [6.45, 7) is 4.68. The predicted molar refractivity (Wildman–Crippen MR) is 114 cm³/mol. The third kappa shape index (κ3) is 3.48. The van der Waals surface area contributed by atoms with Crippen LogP contribution in [0.4, 0.5) is 0 Å². The van der Waals surface area contributed by atoms with Crippen LogP contribution in [-0.4, -0.2) is 13.0 Å². The fourth-order valence-corrected chi connectivity index (χ4v) is 5.30. The van der Waals surface area contributed by atoms with Crippen molar-refractivity contribution in [3.8, 4) is 0 Å². The smallest absolute Gasteiger partial charge is 0.184 e. The highest BCUT2D eigenvalue weighted by molar-refractivity contribution is 7.90. The Bertz CT molecular complexity index is 1250. The van der Waals surface area contributed by atoms with E-state index in [2.05, 4.69) is 19.1 Å². The standard InChI is InChI=1S/C24H23NO2S/c1-18-9-3-5-11-20(18)15-25-16-24(22-13-7-8-14-23(22)25)28(26,27)17-21-12-6-4-10-19(21)2/h3-14,16H,15,17H2,1-2H3. The van der Waals surface area contributed by atoms with E-state index in [-0.39, 0.29) is 5.75 Å². The van der Waals surface area contributed by atoms with E-state index < -0.39 is 9.84 Å². The first-order valence-corrected chi connectivity index (χ1v) is 11.0. The van der Waals surface area contributed by atoms with E-state index in [1.54, 1.807) is 6.20 Å². The first kappa shape index (κ1) is 18.5. The lowest BCUT2D eigenvalue weighted by Gasteiger charge is -2.08. The maximum atomic E-state index is 13.3. The molecule has 3 nitrogen and oxygen atoms in total. The van der Waals surface area contributed by atoms with Crippen molar-refractivity contribution in [1.82, 2.24) is 4.57 Å². The van der Waals surface area contributed by atoms with Crippen LogP contribution in [-0.2, 0) is 22.1 Å². The Hall–Kier alpha value is -2.85. The molecule has 0 bridgehead atoms. The lowest BCUT2D eigenvalue weighted by molar-refractivity contribution is 0.595. The summed E-state index contributed by atoms with van der Waals surface area (Å²) in [7, 11) is -3.46. The van der Waals surface area contributed by atoms with Gasteiger partial charge in [-0.05, 0) is 42.2 Å². The Balaban J connectivity index is 1.80. The van der Waals surface area contributed by atoms with Gasteiger partial charge in [-0.2, -0.15) is 0 Å². The van der Waals surface area contributed by atoms with E-state index in [1.165, 1.54) is 11.1 Å². The summed E-state index contributed by atoms with van der Waals surface area (Å²) in [4.78, 5) is 0.403. The largest absolute Gasteiger partial charge is 0.342 e. The number of fused-ring (bicyclic) bond motifs is 1. The van der Waals surface area contributed by atoms with Crippen LogP contribution in [0.25, 0.3) is 10.9 Å². The van der Waals surface area contributed by atoms with Crippen molar-refractivity contribution < 1.29 is 8.42 Å². The van der Waals surface area contributed by atoms with Crippen LogP contribution in [0.15, 0.2) is 83.9 Å². The van der Waals surface area contributed by atoms with E-state index in [1.807, 2.05) is 72.2 Å². The Morgan fingerprint density at radius 1 is 0.750 bits per heavy atom. The molecule has 0 unspecified atom stereocenters. The molecule has 0 aliphatic carbocycles. The molecule has 0 saturated heterocycles. The molecule has 0 amide bonds. The quantitative estimate of drug-likeness (QED) is 0.466. The molecule has 0 saturated carbocycles. The van der Waals surface area contributed by atoms with Crippen LogP contribution in [0.3, 0.4) is 0 Å². The Kier molecular flexibility index (Phi) is 4.82. The third-order valence-corrected chi connectivity index (χ3v) is 6.98. The van der Waals surface area contributed by atoms with Crippen molar-refractivity contribution >= 4 is 20.7 Å².